The van der Waals surface area contributed by atoms with Gasteiger partial charge < -0.3 is 5.73 Å². The molecule has 0 saturated heterocycles. The van der Waals surface area contributed by atoms with Gasteiger partial charge in [0.1, 0.15) is 6.04 Å². The number of nitro benzene ring substituents is 1. The summed E-state index contributed by atoms with van der Waals surface area (Å²) in [5.41, 5.74) is 4.43. The highest BCUT2D eigenvalue weighted by Gasteiger charge is 2.37. The number of benzene rings is 1. The van der Waals surface area contributed by atoms with E-state index >= 15 is 0 Å². The molecule has 0 aliphatic heterocycles. The second-order valence-electron chi connectivity index (χ2n) is 2.87. The first-order valence-electron chi connectivity index (χ1n) is 3.89. The van der Waals surface area contributed by atoms with Crippen molar-refractivity contribution < 1.29 is 18.1 Å². The van der Waals surface area contributed by atoms with Crippen molar-refractivity contribution in [3.8, 4) is 0 Å². The fraction of sp³-hybridized carbons (Fsp3) is 0.250. The van der Waals surface area contributed by atoms with Crippen LogP contribution in [0.2, 0.25) is 0 Å². The molecule has 2 N–H and O–H groups in total. The van der Waals surface area contributed by atoms with E-state index in [1.807, 2.05) is 0 Å². The van der Waals surface area contributed by atoms with Gasteiger partial charge in [0.15, 0.2) is 0 Å². The first-order chi connectivity index (χ1) is 6.82. The standard InChI is InChI=1S/C8H7F3N2O2.ClH/c9-8(10,11)7(12)5-1-3-6(4-2-5)13(14)15;/h1-4,7H,12H2;1H/t7-;/m1./s1. The van der Waals surface area contributed by atoms with Crippen molar-refractivity contribution in [1.29, 1.82) is 0 Å². The van der Waals surface area contributed by atoms with Crippen LogP contribution in [0.3, 0.4) is 0 Å². The maximum Gasteiger partial charge on any atom is 0.407 e. The highest BCUT2D eigenvalue weighted by molar-refractivity contribution is 5.85. The van der Waals surface area contributed by atoms with Crippen LogP contribution in [0, 0.1) is 10.1 Å². The molecule has 0 bridgehead atoms. The summed E-state index contributed by atoms with van der Waals surface area (Å²) in [6, 6.07) is 1.85. The SMILES string of the molecule is Cl.N[C@H](c1ccc([N+](=O)[O-])cc1)C(F)(F)F. The lowest BCUT2D eigenvalue weighted by atomic mass is 10.1. The van der Waals surface area contributed by atoms with Gasteiger partial charge in [0, 0.05) is 12.1 Å². The van der Waals surface area contributed by atoms with Crippen LogP contribution in [0.25, 0.3) is 0 Å². The number of rotatable bonds is 2. The molecule has 90 valence electrons. The summed E-state index contributed by atoms with van der Waals surface area (Å²) in [6.07, 6.45) is -4.55. The minimum atomic E-state index is -4.55. The van der Waals surface area contributed by atoms with Crippen LogP contribution in [0.5, 0.6) is 0 Å². The van der Waals surface area contributed by atoms with Crippen molar-refractivity contribution in [2.45, 2.75) is 12.2 Å². The summed E-state index contributed by atoms with van der Waals surface area (Å²) < 4.78 is 36.4. The van der Waals surface area contributed by atoms with Gasteiger partial charge in [-0.05, 0) is 5.56 Å². The molecule has 0 spiro atoms. The maximum absolute atomic E-state index is 12.1. The van der Waals surface area contributed by atoms with E-state index in [9.17, 15) is 23.3 Å². The zero-order chi connectivity index (χ0) is 11.6. The average Bonchev–Trinajstić information content (AvgIpc) is 2.15. The summed E-state index contributed by atoms with van der Waals surface area (Å²) >= 11 is 0. The lowest BCUT2D eigenvalue weighted by Gasteiger charge is -2.15. The van der Waals surface area contributed by atoms with Crippen molar-refractivity contribution in [3.05, 3.63) is 39.9 Å². The predicted octanol–water partition coefficient (Wildman–Crippen LogP) is 2.58. The van der Waals surface area contributed by atoms with Crippen LogP contribution < -0.4 is 5.73 Å². The van der Waals surface area contributed by atoms with Crippen LogP contribution in [-0.4, -0.2) is 11.1 Å². The molecule has 0 amide bonds. The number of nitro groups is 1. The smallest absolute Gasteiger partial charge is 0.316 e. The molecule has 0 heterocycles. The van der Waals surface area contributed by atoms with Crippen molar-refractivity contribution in [1.82, 2.24) is 0 Å². The van der Waals surface area contributed by atoms with Crippen molar-refractivity contribution >= 4 is 18.1 Å². The van der Waals surface area contributed by atoms with Gasteiger partial charge in [0.25, 0.3) is 5.69 Å². The molecule has 8 heteroatoms. The lowest BCUT2D eigenvalue weighted by Crippen LogP contribution is -2.28. The molecule has 0 aromatic heterocycles. The molecule has 0 unspecified atom stereocenters. The lowest BCUT2D eigenvalue weighted by molar-refractivity contribution is -0.384. The molecule has 0 aliphatic rings. The highest BCUT2D eigenvalue weighted by Crippen LogP contribution is 2.30. The average molecular weight is 257 g/mol. The Morgan fingerprint density at radius 1 is 1.25 bits per heavy atom. The van der Waals surface area contributed by atoms with Gasteiger partial charge in [-0.15, -0.1) is 12.4 Å². The molecular weight excluding hydrogens is 249 g/mol. The number of nitrogens with two attached hydrogens (primary N) is 1. The topological polar surface area (TPSA) is 69.2 Å². The third kappa shape index (κ3) is 3.35. The van der Waals surface area contributed by atoms with E-state index < -0.39 is 17.1 Å². The Kier molecular flexibility index (Phi) is 4.70. The van der Waals surface area contributed by atoms with Crippen molar-refractivity contribution in [2.75, 3.05) is 0 Å². The van der Waals surface area contributed by atoms with Gasteiger partial charge in [-0.3, -0.25) is 10.1 Å². The van der Waals surface area contributed by atoms with E-state index in [-0.39, 0.29) is 23.7 Å². The second kappa shape index (κ2) is 5.13. The number of hydrogen-bond donors (Lipinski definition) is 1. The monoisotopic (exact) mass is 256 g/mol. The van der Waals surface area contributed by atoms with Crippen LogP contribution in [0.4, 0.5) is 18.9 Å². The summed E-state index contributed by atoms with van der Waals surface area (Å²) in [7, 11) is 0. The molecule has 0 saturated carbocycles. The Morgan fingerprint density at radius 3 is 2.00 bits per heavy atom. The summed E-state index contributed by atoms with van der Waals surface area (Å²) in [5, 5.41) is 10.2. The fourth-order valence-corrected chi connectivity index (χ4v) is 0.992. The van der Waals surface area contributed by atoms with Gasteiger partial charge in [-0.1, -0.05) is 12.1 Å². The van der Waals surface area contributed by atoms with E-state index in [1.165, 1.54) is 0 Å². The predicted molar refractivity (Wildman–Crippen MR) is 53.3 cm³/mol. The van der Waals surface area contributed by atoms with Crippen LogP contribution in [0.1, 0.15) is 11.6 Å². The summed E-state index contributed by atoms with van der Waals surface area (Å²) in [4.78, 5) is 9.54. The summed E-state index contributed by atoms with van der Waals surface area (Å²) in [5.74, 6) is 0. The van der Waals surface area contributed by atoms with E-state index in [0.29, 0.717) is 0 Å². The fourth-order valence-electron chi connectivity index (χ4n) is 0.992. The Morgan fingerprint density at radius 2 is 1.69 bits per heavy atom. The van der Waals surface area contributed by atoms with Crippen molar-refractivity contribution in [2.24, 2.45) is 5.73 Å². The third-order valence-corrected chi connectivity index (χ3v) is 1.82. The van der Waals surface area contributed by atoms with E-state index in [2.05, 4.69) is 0 Å². The molecule has 1 aromatic carbocycles. The number of alkyl halides is 3. The first-order valence-corrected chi connectivity index (χ1v) is 3.89. The quantitative estimate of drug-likeness (QED) is 0.653. The molecule has 1 aromatic rings. The van der Waals surface area contributed by atoms with Gasteiger partial charge in [-0.25, -0.2) is 0 Å². The number of hydrogen-bond acceptors (Lipinski definition) is 3. The second-order valence-corrected chi connectivity index (χ2v) is 2.87. The van der Waals surface area contributed by atoms with Crippen LogP contribution in [-0.2, 0) is 0 Å². The number of non-ortho nitro benzene ring substituents is 1. The van der Waals surface area contributed by atoms with Gasteiger partial charge in [0.05, 0.1) is 4.92 Å². The van der Waals surface area contributed by atoms with Crippen LogP contribution >= 0.6 is 12.4 Å². The minimum Gasteiger partial charge on any atom is -0.316 e. The Balaban J connectivity index is 0.00000225. The van der Waals surface area contributed by atoms with Gasteiger partial charge in [0.2, 0.25) is 0 Å². The Labute approximate surface area is 94.8 Å². The van der Waals surface area contributed by atoms with E-state index in [4.69, 9.17) is 5.73 Å². The third-order valence-electron chi connectivity index (χ3n) is 1.82. The number of halogens is 4. The molecule has 16 heavy (non-hydrogen) atoms. The molecule has 1 rings (SSSR count). The maximum atomic E-state index is 12.1. The van der Waals surface area contributed by atoms with Gasteiger partial charge in [-0.2, -0.15) is 13.2 Å². The molecular formula is C8H8ClF3N2O2. The molecule has 0 fully saturated rings. The summed E-state index contributed by atoms with van der Waals surface area (Å²) in [6.45, 7) is 0. The normalized spacial score (nSPS) is 12.8. The molecule has 0 aliphatic carbocycles. The van der Waals surface area contributed by atoms with E-state index in [1.54, 1.807) is 0 Å². The molecule has 0 radical (unpaired) electrons. The highest BCUT2D eigenvalue weighted by atomic mass is 35.5. The zero-order valence-corrected chi connectivity index (χ0v) is 8.59. The minimum absolute atomic E-state index is 0. The van der Waals surface area contributed by atoms with Crippen LogP contribution in [0.15, 0.2) is 24.3 Å². The Bertz CT molecular complexity index is 367. The largest absolute Gasteiger partial charge is 0.407 e. The zero-order valence-electron chi connectivity index (χ0n) is 7.77. The number of nitrogens with zero attached hydrogens (tertiary/aromatic N) is 1. The van der Waals surface area contributed by atoms with E-state index in [0.717, 1.165) is 24.3 Å². The molecule has 1 atom stereocenters. The molecule has 4 nitrogen and oxygen atoms in total. The Hall–Kier alpha value is -1.34. The van der Waals surface area contributed by atoms with Gasteiger partial charge >= 0.3 is 6.18 Å². The first kappa shape index (κ1) is 14.7. The van der Waals surface area contributed by atoms with Crippen molar-refractivity contribution in [3.63, 3.8) is 0 Å².